The van der Waals surface area contributed by atoms with Crippen LogP contribution in [0.1, 0.15) is 11.5 Å². The fourth-order valence-corrected chi connectivity index (χ4v) is 3.68. The Balaban J connectivity index is 1.66. The molecule has 1 heteroatoms. The Hall–Kier alpha value is -2.80. The van der Waals surface area contributed by atoms with Crippen LogP contribution in [0.3, 0.4) is 0 Å². The van der Waals surface area contributed by atoms with E-state index in [0.717, 1.165) is 5.75 Å². The molecule has 3 aromatic carbocycles. The van der Waals surface area contributed by atoms with Gasteiger partial charge in [-0.1, -0.05) is 72.8 Å². The van der Waals surface area contributed by atoms with Gasteiger partial charge in [-0.25, -0.2) is 0 Å². The topological polar surface area (TPSA) is 9.23 Å². The normalized spacial score (nSPS) is 21.0. The Morgan fingerprint density at radius 3 is 2.65 bits per heavy atom. The summed E-state index contributed by atoms with van der Waals surface area (Å²) in [6.07, 6.45) is 8.70. The molecule has 2 aliphatic rings. The standard InChI is InChI=1S/C22H16O/c1-2-8-17-15(6-1)7-5-10-18(17)16-12-13-20-19-9-3-4-11-21(19)23-22(20)14-16/h1-14,19,21H. The van der Waals surface area contributed by atoms with Crippen LogP contribution in [0.5, 0.6) is 5.75 Å². The first-order valence-corrected chi connectivity index (χ1v) is 8.04. The molecular weight excluding hydrogens is 280 g/mol. The second-order valence-corrected chi connectivity index (χ2v) is 6.16. The van der Waals surface area contributed by atoms with Crippen molar-refractivity contribution in [1.82, 2.24) is 0 Å². The summed E-state index contributed by atoms with van der Waals surface area (Å²) in [6.45, 7) is 0. The molecular formula is C22H16O. The van der Waals surface area contributed by atoms with E-state index in [9.17, 15) is 0 Å². The SMILES string of the molecule is C1=CC2Oc3cc(-c4cccc5ccccc45)ccc3C2C=C1. The maximum Gasteiger partial charge on any atom is 0.128 e. The van der Waals surface area contributed by atoms with Gasteiger partial charge in [-0.05, 0) is 34.0 Å². The molecule has 0 N–H and O–H groups in total. The minimum atomic E-state index is 0.151. The van der Waals surface area contributed by atoms with E-state index in [1.807, 2.05) is 0 Å². The van der Waals surface area contributed by atoms with Gasteiger partial charge < -0.3 is 4.74 Å². The molecule has 23 heavy (non-hydrogen) atoms. The van der Waals surface area contributed by atoms with Crippen LogP contribution in [0.15, 0.2) is 85.0 Å². The van der Waals surface area contributed by atoms with Gasteiger partial charge in [0.05, 0.1) is 0 Å². The summed E-state index contributed by atoms with van der Waals surface area (Å²) >= 11 is 0. The lowest BCUT2D eigenvalue weighted by Crippen LogP contribution is -2.15. The Bertz CT molecular complexity index is 959. The summed E-state index contributed by atoms with van der Waals surface area (Å²) in [7, 11) is 0. The molecule has 1 nitrogen and oxygen atoms in total. The summed E-state index contributed by atoms with van der Waals surface area (Å²) in [4.78, 5) is 0. The highest BCUT2D eigenvalue weighted by atomic mass is 16.5. The van der Waals surface area contributed by atoms with Crippen molar-refractivity contribution in [1.29, 1.82) is 0 Å². The molecule has 0 saturated carbocycles. The van der Waals surface area contributed by atoms with E-state index in [1.165, 1.54) is 27.5 Å². The first kappa shape index (κ1) is 12.7. The van der Waals surface area contributed by atoms with Crippen molar-refractivity contribution in [3.8, 4) is 16.9 Å². The molecule has 0 aromatic heterocycles. The summed E-state index contributed by atoms with van der Waals surface area (Å²) in [6, 6.07) is 21.6. The Kier molecular flexibility index (Phi) is 2.68. The van der Waals surface area contributed by atoms with E-state index in [-0.39, 0.29) is 6.10 Å². The summed E-state index contributed by atoms with van der Waals surface area (Å²) in [5, 5.41) is 2.55. The van der Waals surface area contributed by atoms with Crippen molar-refractivity contribution < 1.29 is 4.74 Å². The van der Waals surface area contributed by atoms with Gasteiger partial charge in [-0.3, -0.25) is 0 Å². The predicted octanol–water partition coefficient (Wildman–Crippen LogP) is 5.48. The predicted molar refractivity (Wildman–Crippen MR) is 94.8 cm³/mol. The molecule has 0 spiro atoms. The lowest BCUT2D eigenvalue weighted by molar-refractivity contribution is 0.269. The van der Waals surface area contributed by atoms with Crippen molar-refractivity contribution in [2.75, 3.05) is 0 Å². The van der Waals surface area contributed by atoms with Crippen molar-refractivity contribution in [3.05, 3.63) is 90.5 Å². The molecule has 2 unspecified atom stereocenters. The van der Waals surface area contributed by atoms with E-state index in [0.29, 0.717) is 5.92 Å². The molecule has 0 bridgehead atoms. The van der Waals surface area contributed by atoms with Crippen LogP contribution in [0.25, 0.3) is 21.9 Å². The van der Waals surface area contributed by atoms with Gasteiger partial charge in [0.25, 0.3) is 0 Å². The Morgan fingerprint density at radius 1 is 0.783 bits per heavy atom. The quantitative estimate of drug-likeness (QED) is 0.578. The largest absolute Gasteiger partial charge is 0.485 e. The van der Waals surface area contributed by atoms with Gasteiger partial charge in [0, 0.05) is 11.5 Å². The minimum absolute atomic E-state index is 0.151. The van der Waals surface area contributed by atoms with Crippen molar-refractivity contribution in [2.45, 2.75) is 12.0 Å². The molecule has 1 aliphatic heterocycles. The van der Waals surface area contributed by atoms with Crippen molar-refractivity contribution >= 4 is 10.8 Å². The number of hydrogen-bond donors (Lipinski definition) is 0. The molecule has 110 valence electrons. The highest BCUT2D eigenvalue weighted by Crippen LogP contribution is 2.43. The minimum Gasteiger partial charge on any atom is -0.485 e. The van der Waals surface area contributed by atoms with Gasteiger partial charge in [0.2, 0.25) is 0 Å². The highest BCUT2D eigenvalue weighted by Gasteiger charge is 2.31. The van der Waals surface area contributed by atoms with E-state index < -0.39 is 0 Å². The second kappa shape index (κ2) is 4.85. The molecule has 2 atom stereocenters. The molecule has 0 amide bonds. The van der Waals surface area contributed by atoms with E-state index in [2.05, 4.69) is 85.0 Å². The fourth-order valence-electron chi connectivity index (χ4n) is 3.68. The molecule has 5 rings (SSSR count). The molecule has 1 heterocycles. The average molecular weight is 296 g/mol. The highest BCUT2D eigenvalue weighted by molar-refractivity contribution is 5.96. The number of fused-ring (bicyclic) bond motifs is 4. The number of allylic oxidation sites excluding steroid dienone is 2. The number of rotatable bonds is 1. The van der Waals surface area contributed by atoms with Crippen LogP contribution < -0.4 is 4.74 Å². The fraction of sp³-hybridized carbons (Fsp3) is 0.0909. The van der Waals surface area contributed by atoms with Gasteiger partial charge >= 0.3 is 0 Å². The van der Waals surface area contributed by atoms with Gasteiger partial charge in [-0.15, -0.1) is 0 Å². The van der Waals surface area contributed by atoms with Crippen LogP contribution in [0.4, 0.5) is 0 Å². The second-order valence-electron chi connectivity index (χ2n) is 6.16. The van der Waals surface area contributed by atoms with Crippen LogP contribution in [0, 0.1) is 0 Å². The third-order valence-corrected chi connectivity index (χ3v) is 4.82. The summed E-state index contributed by atoms with van der Waals surface area (Å²) in [5.74, 6) is 1.37. The lowest BCUT2D eigenvalue weighted by Gasteiger charge is -2.13. The molecule has 1 aliphatic carbocycles. The Labute approximate surface area is 135 Å². The monoisotopic (exact) mass is 296 g/mol. The van der Waals surface area contributed by atoms with E-state index in [1.54, 1.807) is 0 Å². The molecule has 0 radical (unpaired) electrons. The number of ether oxygens (including phenoxy) is 1. The average Bonchev–Trinajstić information content (AvgIpc) is 2.99. The first-order valence-electron chi connectivity index (χ1n) is 8.04. The van der Waals surface area contributed by atoms with Gasteiger partial charge in [0.1, 0.15) is 11.9 Å². The van der Waals surface area contributed by atoms with Crippen LogP contribution >= 0.6 is 0 Å². The van der Waals surface area contributed by atoms with Crippen molar-refractivity contribution in [2.24, 2.45) is 0 Å². The van der Waals surface area contributed by atoms with Crippen molar-refractivity contribution in [3.63, 3.8) is 0 Å². The van der Waals surface area contributed by atoms with E-state index >= 15 is 0 Å². The zero-order valence-electron chi connectivity index (χ0n) is 12.6. The Morgan fingerprint density at radius 2 is 1.65 bits per heavy atom. The van der Waals surface area contributed by atoms with Gasteiger partial charge in [-0.2, -0.15) is 0 Å². The maximum atomic E-state index is 6.15. The van der Waals surface area contributed by atoms with Gasteiger partial charge in [0.15, 0.2) is 0 Å². The molecule has 0 saturated heterocycles. The number of benzene rings is 3. The van der Waals surface area contributed by atoms with Crippen LogP contribution in [-0.4, -0.2) is 6.10 Å². The van der Waals surface area contributed by atoms with Crippen LogP contribution in [0.2, 0.25) is 0 Å². The zero-order chi connectivity index (χ0) is 15.2. The molecule has 0 fully saturated rings. The maximum absolute atomic E-state index is 6.15. The molecule has 3 aromatic rings. The van der Waals surface area contributed by atoms with Crippen LogP contribution in [-0.2, 0) is 0 Å². The third kappa shape index (κ3) is 1.93. The third-order valence-electron chi connectivity index (χ3n) is 4.82. The smallest absolute Gasteiger partial charge is 0.128 e. The summed E-state index contributed by atoms with van der Waals surface area (Å²) in [5.41, 5.74) is 3.77. The lowest BCUT2D eigenvalue weighted by atomic mass is 9.90. The zero-order valence-corrected chi connectivity index (χ0v) is 12.6. The van der Waals surface area contributed by atoms with E-state index in [4.69, 9.17) is 4.74 Å². The first-order chi connectivity index (χ1) is 11.4. The number of hydrogen-bond acceptors (Lipinski definition) is 1. The summed E-state index contributed by atoms with van der Waals surface area (Å²) < 4.78 is 6.15.